The summed E-state index contributed by atoms with van der Waals surface area (Å²) in [5.41, 5.74) is 2.50. The summed E-state index contributed by atoms with van der Waals surface area (Å²) in [4.78, 5) is 14.3. The number of amides is 1. The number of benzene rings is 1. The van der Waals surface area contributed by atoms with Gasteiger partial charge in [-0.2, -0.15) is 0 Å². The second-order valence-corrected chi connectivity index (χ2v) is 6.39. The molecule has 6 heteroatoms. The number of hydrogen-bond acceptors (Lipinski definition) is 3. The first-order valence-electron chi connectivity index (χ1n) is 9.01. The van der Waals surface area contributed by atoms with Crippen LogP contribution in [0.25, 0.3) is 0 Å². The van der Waals surface area contributed by atoms with E-state index in [1.54, 1.807) is 0 Å². The van der Waals surface area contributed by atoms with Gasteiger partial charge in [-0.1, -0.05) is 38.1 Å². The van der Waals surface area contributed by atoms with E-state index in [9.17, 15) is 4.79 Å². The number of rotatable bonds is 9. The number of nitrogens with zero attached hydrogens (tertiary/aromatic N) is 1. The third-order valence-electron chi connectivity index (χ3n) is 4.70. The van der Waals surface area contributed by atoms with Crippen LogP contribution in [0.4, 0.5) is 0 Å². The van der Waals surface area contributed by atoms with Crippen LogP contribution in [-0.2, 0) is 17.9 Å². The first kappa shape index (κ1) is 24.2. The van der Waals surface area contributed by atoms with Gasteiger partial charge in [-0.25, -0.2) is 0 Å². The van der Waals surface area contributed by atoms with Crippen LogP contribution in [0, 0.1) is 0 Å². The van der Waals surface area contributed by atoms with E-state index in [0.29, 0.717) is 19.0 Å². The standard InChI is InChI=1S/C19H31N3O.2ClH/c1-3-22(4-2)15-17-9-7-16(8-10-17)14-21-19(23)12-11-18-6-5-13-20-18;;/h7-10,18,20H,3-6,11-15H2,1-2H3,(H,21,23);2*1H. The van der Waals surface area contributed by atoms with Crippen molar-refractivity contribution in [2.24, 2.45) is 0 Å². The molecule has 1 atom stereocenters. The van der Waals surface area contributed by atoms with Crippen molar-refractivity contribution >= 4 is 30.7 Å². The Kier molecular flexibility index (Phi) is 13.0. The fourth-order valence-electron chi connectivity index (χ4n) is 3.07. The van der Waals surface area contributed by atoms with Gasteiger partial charge in [-0.05, 0) is 50.0 Å². The van der Waals surface area contributed by atoms with E-state index < -0.39 is 0 Å². The van der Waals surface area contributed by atoms with Crippen LogP contribution < -0.4 is 10.6 Å². The first-order valence-corrected chi connectivity index (χ1v) is 9.01. The van der Waals surface area contributed by atoms with Gasteiger partial charge in [0.15, 0.2) is 0 Å². The average molecular weight is 390 g/mol. The summed E-state index contributed by atoms with van der Waals surface area (Å²) in [6.07, 6.45) is 4.03. The lowest BCUT2D eigenvalue weighted by atomic mass is 10.1. The van der Waals surface area contributed by atoms with Gasteiger partial charge in [0.2, 0.25) is 5.91 Å². The normalized spacial score (nSPS) is 16.2. The molecule has 2 rings (SSSR count). The molecule has 0 saturated carbocycles. The van der Waals surface area contributed by atoms with Crippen LogP contribution in [0.5, 0.6) is 0 Å². The Bertz CT molecular complexity index is 472. The van der Waals surface area contributed by atoms with E-state index in [2.05, 4.69) is 53.6 Å². The fraction of sp³-hybridized carbons (Fsp3) is 0.632. The van der Waals surface area contributed by atoms with Gasteiger partial charge in [-0.15, -0.1) is 24.8 Å². The molecule has 2 N–H and O–H groups in total. The van der Waals surface area contributed by atoms with Crippen LogP contribution in [-0.4, -0.2) is 36.5 Å². The van der Waals surface area contributed by atoms with Gasteiger partial charge in [0.05, 0.1) is 0 Å². The number of carbonyl (C=O) groups excluding carboxylic acids is 1. The maximum Gasteiger partial charge on any atom is 0.220 e. The Labute approximate surface area is 164 Å². The highest BCUT2D eigenvalue weighted by molar-refractivity contribution is 5.85. The Hall–Kier alpha value is -0.810. The lowest BCUT2D eigenvalue weighted by Crippen LogP contribution is -2.27. The van der Waals surface area contributed by atoms with Gasteiger partial charge in [-0.3, -0.25) is 9.69 Å². The molecule has 1 saturated heterocycles. The summed E-state index contributed by atoms with van der Waals surface area (Å²) in [6.45, 7) is 9.25. The number of hydrogen-bond donors (Lipinski definition) is 2. The van der Waals surface area contributed by atoms with Crippen molar-refractivity contribution < 1.29 is 4.79 Å². The third kappa shape index (κ3) is 8.91. The molecule has 144 valence electrons. The van der Waals surface area contributed by atoms with Crippen LogP contribution in [0.2, 0.25) is 0 Å². The minimum atomic E-state index is 0. The SMILES string of the molecule is CCN(CC)Cc1ccc(CNC(=O)CCC2CCCN2)cc1.Cl.Cl. The molecular formula is C19H33Cl2N3O. The maximum absolute atomic E-state index is 11.9. The molecule has 1 unspecified atom stereocenters. The number of carbonyl (C=O) groups is 1. The van der Waals surface area contributed by atoms with Crippen LogP contribution >= 0.6 is 24.8 Å². The zero-order chi connectivity index (χ0) is 16.5. The van der Waals surface area contributed by atoms with Gasteiger partial charge in [0.1, 0.15) is 0 Å². The van der Waals surface area contributed by atoms with Crippen molar-refractivity contribution in [1.82, 2.24) is 15.5 Å². The first-order chi connectivity index (χ1) is 11.2. The molecule has 25 heavy (non-hydrogen) atoms. The summed E-state index contributed by atoms with van der Waals surface area (Å²) in [5.74, 6) is 0.158. The number of halogens is 2. The van der Waals surface area contributed by atoms with Gasteiger partial charge in [0, 0.05) is 25.6 Å². The van der Waals surface area contributed by atoms with Crippen molar-refractivity contribution in [3.8, 4) is 0 Å². The van der Waals surface area contributed by atoms with E-state index in [4.69, 9.17) is 0 Å². The summed E-state index contributed by atoms with van der Waals surface area (Å²) < 4.78 is 0. The fourth-order valence-corrected chi connectivity index (χ4v) is 3.07. The monoisotopic (exact) mass is 389 g/mol. The maximum atomic E-state index is 11.9. The smallest absolute Gasteiger partial charge is 0.220 e. The zero-order valence-electron chi connectivity index (χ0n) is 15.4. The molecule has 1 aromatic rings. The van der Waals surface area contributed by atoms with Crippen molar-refractivity contribution in [2.75, 3.05) is 19.6 Å². The highest BCUT2D eigenvalue weighted by atomic mass is 35.5. The van der Waals surface area contributed by atoms with Crippen LogP contribution in [0.1, 0.15) is 50.7 Å². The predicted molar refractivity (Wildman–Crippen MR) is 110 cm³/mol. The summed E-state index contributed by atoms with van der Waals surface area (Å²) >= 11 is 0. The Morgan fingerprint density at radius 1 is 1.16 bits per heavy atom. The quantitative estimate of drug-likeness (QED) is 0.678. The molecule has 4 nitrogen and oxygen atoms in total. The highest BCUT2D eigenvalue weighted by Crippen LogP contribution is 2.11. The third-order valence-corrected chi connectivity index (χ3v) is 4.70. The Morgan fingerprint density at radius 3 is 2.36 bits per heavy atom. The topological polar surface area (TPSA) is 44.4 Å². The molecule has 1 aliphatic heterocycles. The molecule has 1 heterocycles. The summed E-state index contributed by atoms with van der Waals surface area (Å²) in [6, 6.07) is 9.12. The molecule has 1 aliphatic rings. The molecule has 0 aliphatic carbocycles. The van der Waals surface area contributed by atoms with Crippen molar-refractivity contribution in [1.29, 1.82) is 0 Å². The Balaban J connectivity index is 0.00000288. The van der Waals surface area contributed by atoms with Gasteiger partial charge in [0.25, 0.3) is 0 Å². The van der Waals surface area contributed by atoms with Crippen LogP contribution in [0.3, 0.4) is 0 Å². The summed E-state index contributed by atoms with van der Waals surface area (Å²) in [5, 5.41) is 6.46. The van der Waals surface area contributed by atoms with E-state index >= 15 is 0 Å². The molecule has 1 amide bonds. The minimum absolute atomic E-state index is 0. The summed E-state index contributed by atoms with van der Waals surface area (Å²) in [7, 11) is 0. The molecular weight excluding hydrogens is 357 g/mol. The van der Waals surface area contributed by atoms with Gasteiger partial charge >= 0.3 is 0 Å². The number of nitrogens with one attached hydrogen (secondary N) is 2. The molecule has 0 bridgehead atoms. The molecule has 1 fully saturated rings. The van der Waals surface area contributed by atoms with E-state index in [1.807, 2.05) is 0 Å². The largest absolute Gasteiger partial charge is 0.352 e. The van der Waals surface area contributed by atoms with Gasteiger partial charge < -0.3 is 10.6 Å². The lowest BCUT2D eigenvalue weighted by molar-refractivity contribution is -0.121. The average Bonchev–Trinajstić information content (AvgIpc) is 3.10. The predicted octanol–water partition coefficient (Wildman–Crippen LogP) is 3.52. The van der Waals surface area contributed by atoms with Crippen molar-refractivity contribution in [3.63, 3.8) is 0 Å². The van der Waals surface area contributed by atoms with Crippen LogP contribution in [0.15, 0.2) is 24.3 Å². The van der Waals surface area contributed by atoms with Crippen molar-refractivity contribution in [2.45, 2.75) is 58.7 Å². The van der Waals surface area contributed by atoms with Crippen molar-refractivity contribution in [3.05, 3.63) is 35.4 Å². The lowest BCUT2D eigenvalue weighted by Gasteiger charge is -2.18. The second kappa shape index (κ2) is 13.4. The molecule has 0 radical (unpaired) electrons. The zero-order valence-corrected chi connectivity index (χ0v) is 17.1. The van der Waals surface area contributed by atoms with E-state index in [-0.39, 0.29) is 30.7 Å². The molecule has 0 aromatic heterocycles. The van der Waals surface area contributed by atoms with E-state index in [1.165, 1.54) is 24.0 Å². The highest BCUT2D eigenvalue weighted by Gasteiger charge is 2.15. The molecule has 1 aromatic carbocycles. The second-order valence-electron chi connectivity index (χ2n) is 6.39. The van der Waals surface area contributed by atoms with E-state index in [0.717, 1.165) is 32.6 Å². The minimum Gasteiger partial charge on any atom is -0.352 e. The Morgan fingerprint density at radius 2 is 1.80 bits per heavy atom. The molecule has 0 spiro atoms.